The Balaban J connectivity index is 1.63. The maximum Gasteiger partial charge on any atom is 0.225 e. The highest BCUT2D eigenvalue weighted by Crippen LogP contribution is 2.47. The molecule has 3 aliphatic rings. The van der Waals surface area contributed by atoms with Gasteiger partial charge in [-0.05, 0) is 55.4 Å². The Morgan fingerprint density at radius 1 is 1.11 bits per heavy atom. The fourth-order valence-electron chi connectivity index (χ4n) is 5.38. The van der Waals surface area contributed by atoms with Crippen molar-refractivity contribution in [1.82, 2.24) is 4.90 Å². The molecule has 1 saturated heterocycles. The molecule has 0 bridgehead atoms. The molecular weight excluding hydrogens is 354 g/mol. The van der Waals surface area contributed by atoms with Gasteiger partial charge in [0.1, 0.15) is 0 Å². The molecule has 5 nitrogen and oxygen atoms in total. The van der Waals surface area contributed by atoms with E-state index in [0.717, 1.165) is 50.3 Å². The lowest BCUT2D eigenvalue weighted by molar-refractivity contribution is -0.137. The lowest BCUT2D eigenvalue weighted by Crippen LogP contribution is -2.49. The van der Waals surface area contributed by atoms with Crippen molar-refractivity contribution in [2.75, 3.05) is 27.4 Å². The number of rotatable bonds is 4. The Morgan fingerprint density at radius 2 is 1.86 bits per heavy atom. The Hall–Kier alpha value is -1.75. The molecule has 4 rings (SSSR count). The molecule has 0 N–H and O–H groups in total. The zero-order chi connectivity index (χ0) is 19.6. The van der Waals surface area contributed by atoms with Gasteiger partial charge >= 0.3 is 0 Å². The van der Waals surface area contributed by atoms with Crippen LogP contribution in [0.2, 0.25) is 0 Å². The van der Waals surface area contributed by atoms with Crippen molar-refractivity contribution >= 4 is 5.91 Å². The summed E-state index contributed by atoms with van der Waals surface area (Å²) in [5.74, 6) is 1.77. The van der Waals surface area contributed by atoms with Crippen LogP contribution in [-0.2, 0) is 21.5 Å². The van der Waals surface area contributed by atoms with Crippen LogP contribution in [0.1, 0.15) is 68.9 Å². The largest absolute Gasteiger partial charge is 0.493 e. The van der Waals surface area contributed by atoms with Gasteiger partial charge in [0.15, 0.2) is 11.5 Å². The van der Waals surface area contributed by atoms with Gasteiger partial charge in [0.25, 0.3) is 0 Å². The molecular formula is C23H33NO4. The number of hydrogen-bond acceptors (Lipinski definition) is 4. The summed E-state index contributed by atoms with van der Waals surface area (Å²) in [6, 6.07) is 4.26. The Labute approximate surface area is 168 Å². The first-order valence-electron chi connectivity index (χ1n) is 10.8. The van der Waals surface area contributed by atoms with Crippen molar-refractivity contribution in [3.63, 3.8) is 0 Å². The van der Waals surface area contributed by atoms with E-state index in [2.05, 4.69) is 17.0 Å². The number of ether oxygens (including phenoxy) is 3. The number of fused-ring (bicyclic) bond motifs is 2. The molecule has 1 atom stereocenters. The molecule has 1 saturated carbocycles. The second kappa shape index (κ2) is 8.32. The molecule has 28 heavy (non-hydrogen) atoms. The van der Waals surface area contributed by atoms with Gasteiger partial charge in [-0.15, -0.1) is 0 Å². The van der Waals surface area contributed by atoms with Crippen molar-refractivity contribution in [1.29, 1.82) is 0 Å². The van der Waals surface area contributed by atoms with Crippen LogP contribution in [0.4, 0.5) is 0 Å². The average Bonchev–Trinajstić information content (AvgIpc) is 2.74. The molecule has 1 aromatic rings. The number of carbonyl (C=O) groups is 1. The summed E-state index contributed by atoms with van der Waals surface area (Å²) in [5.41, 5.74) is 2.63. The Morgan fingerprint density at radius 3 is 2.54 bits per heavy atom. The smallest absolute Gasteiger partial charge is 0.225 e. The van der Waals surface area contributed by atoms with Crippen molar-refractivity contribution in [2.24, 2.45) is 0 Å². The van der Waals surface area contributed by atoms with Crippen LogP contribution in [-0.4, -0.2) is 44.3 Å². The lowest BCUT2D eigenvalue weighted by atomic mass is 9.66. The standard InChI is InChI=1S/C23H33NO4/c1-26-20-12-17-15-24(22(25)13-18-8-4-7-11-28-18)16-23(9-5-3-6-10-23)19(17)14-21(20)27-2/h12,14,18H,3-11,13,15-16H2,1-2H3. The third kappa shape index (κ3) is 3.73. The van der Waals surface area contributed by atoms with Gasteiger partial charge in [0.2, 0.25) is 5.91 Å². The highest BCUT2D eigenvalue weighted by Gasteiger charge is 2.42. The molecule has 1 spiro atoms. The van der Waals surface area contributed by atoms with Crippen LogP contribution in [0.15, 0.2) is 12.1 Å². The summed E-state index contributed by atoms with van der Waals surface area (Å²) in [6.07, 6.45) is 9.91. The van der Waals surface area contributed by atoms with E-state index in [9.17, 15) is 4.79 Å². The third-order valence-corrected chi connectivity index (χ3v) is 6.88. The van der Waals surface area contributed by atoms with E-state index >= 15 is 0 Å². The number of benzene rings is 1. The van der Waals surface area contributed by atoms with Gasteiger partial charge < -0.3 is 19.1 Å². The van der Waals surface area contributed by atoms with E-state index in [4.69, 9.17) is 14.2 Å². The minimum atomic E-state index is 0.0501. The Kier molecular flexibility index (Phi) is 5.81. The molecule has 5 heteroatoms. The summed E-state index contributed by atoms with van der Waals surface area (Å²) >= 11 is 0. The molecule has 2 heterocycles. The highest BCUT2D eigenvalue weighted by molar-refractivity contribution is 5.77. The number of carbonyl (C=O) groups excluding carboxylic acids is 1. The summed E-state index contributed by atoms with van der Waals surface area (Å²) in [5, 5.41) is 0. The Bertz CT molecular complexity index is 705. The number of methoxy groups -OCH3 is 2. The topological polar surface area (TPSA) is 48.0 Å². The first-order valence-corrected chi connectivity index (χ1v) is 10.8. The maximum absolute atomic E-state index is 13.2. The monoisotopic (exact) mass is 387 g/mol. The SMILES string of the molecule is COc1cc2c(cc1OC)C1(CCCCC1)CN(C(=O)CC1CCCCO1)C2. The minimum Gasteiger partial charge on any atom is -0.493 e. The molecule has 2 aliphatic heterocycles. The van der Waals surface area contributed by atoms with Crippen LogP contribution < -0.4 is 9.47 Å². The normalized spacial score (nSPS) is 23.9. The van der Waals surface area contributed by atoms with Gasteiger partial charge in [0, 0.05) is 25.1 Å². The molecule has 1 aromatic carbocycles. The van der Waals surface area contributed by atoms with Gasteiger partial charge in [-0.1, -0.05) is 19.3 Å². The highest BCUT2D eigenvalue weighted by atomic mass is 16.5. The van der Waals surface area contributed by atoms with E-state index < -0.39 is 0 Å². The van der Waals surface area contributed by atoms with Crippen molar-refractivity contribution in [2.45, 2.75) is 75.9 Å². The van der Waals surface area contributed by atoms with E-state index in [1.54, 1.807) is 14.2 Å². The lowest BCUT2D eigenvalue weighted by Gasteiger charge is -2.47. The number of nitrogens with zero attached hydrogens (tertiary/aromatic N) is 1. The zero-order valence-electron chi connectivity index (χ0n) is 17.3. The first-order chi connectivity index (χ1) is 13.6. The van der Waals surface area contributed by atoms with E-state index in [0.29, 0.717) is 13.0 Å². The predicted molar refractivity (Wildman–Crippen MR) is 108 cm³/mol. The zero-order valence-corrected chi connectivity index (χ0v) is 17.3. The molecule has 0 aromatic heterocycles. The third-order valence-electron chi connectivity index (χ3n) is 6.88. The van der Waals surface area contributed by atoms with Crippen molar-refractivity contribution in [3.05, 3.63) is 23.3 Å². The predicted octanol–water partition coefficient (Wildman–Crippen LogP) is 4.21. The van der Waals surface area contributed by atoms with Crippen molar-refractivity contribution in [3.8, 4) is 11.5 Å². The van der Waals surface area contributed by atoms with Crippen molar-refractivity contribution < 1.29 is 19.0 Å². The molecule has 1 amide bonds. The molecule has 154 valence electrons. The summed E-state index contributed by atoms with van der Waals surface area (Å²) in [6.45, 7) is 2.27. The van der Waals surface area contributed by atoms with Crippen LogP contribution in [0.3, 0.4) is 0 Å². The van der Waals surface area contributed by atoms with Crippen LogP contribution in [0, 0.1) is 0 Å². The maximum atomic E-state index is 13.2. The fourth-order valence-corrected chi connectivity index (χ4v) is 5.38. The van der Waals surface area contributed by atoms with Crippen LogP contribution in [0.25, 0.3) is 0 Å². The van der Waals surface area contributed by atoms with Crippen LogP contribution >= 0.6 is 0 Å². The van der Waals surface area contributed by atoms with E-state index in [1.807, 2.05) is 0 Å². The molecule has 0 radical (unpaired) electrons. The van der Waals surface area contributed by atoms with Gasteiger partial charge in [0.05, 0.1) is 26.7 Å². The van der Waals surface area contributed by atoms with Crippen LogP contribution in [0.5, 0.6) is 11.5 Å². The van der Waals surface area contributed by atoms with Gasteiger partial charge in [-0.3, -0.25) is 4.79 Å². The van der Waals surface area contributed by atoms with Gasteiger partial charge in [-0.2, -0.15) is 0 Å². The summed E-state index contributed by atoms with van der Waals surface area (Å²) in [4.78, 5) is 15.3. The molecule has 1 aliphatic carbocycles. The van der Waals surface area contributed by atoms with E-state index in [1.165, 1.54) is 36.8 Å². The van der Waals surface area contributed by atoms with E-state index in [-0.39, 0.29) is 17.4 Å². The first kappa shape index (κ1) is 19.6. The summed E-state index contributed by atoms with van der Waals surface area (Å²) in [7, 11) is 3.37. The molecule has 1 unspecified atom stereocenters. The minimum absolute atomic E-state index is 0.0501. The molecule has 2 fully saturated rings. The second-order valence-electron chi connectivity index (χ2n) is 8.65. The van der Waals surface area contributed by atoms with Gasteiger partial charge in [-0.25, -0.2) is 0 Å². The fraction of sp³-hybridized carbons (Fsp3) is 0.696. The quantitative estimate of drug-likeness (QED) is 0.777. The number of hydrogen-bond donors (Lipinski definition) is 0. The second-order valence-corrected chi connectivity index (χ2v) is 8.65. The summed E-state index contributed by atoms with van der Waals surface area (Å²) < 4.78 is 17.0. The number of amides is 1. The average molecular weight is 388 g/mol.